The number of benzene rings is 2. The lowest BCUT2D eigenvalue weighted by Gasteiger charge is -2.13. The summed E-state index contributed by atoms with van der Waals surface area (Å²) in [6.07, 6.45) is 1.62. The fraction of sp³-hybridized carbons (Fsp3) is 0.150. The molecular weight excluding hydrogens is 302 g/mol. The molecule has 1 heterocycles. The molecule has 0 N–H and O–H groups in total. The number of ether oxygens (including phenoxy) is 1. The largest absolute Gasteiger partial charge is 0.489 e. The fourth-order valence-corrected chi connectivity index (χ4v) is 2.48. The third kappa shape index (κ3) is 3.49. The number of aryl methyl sites for hydroxylation is 1. The van der Waals surface area contributed by atoms with E-state index in [-0.39, 0.29) is 0 Å². The molecule has 24 heavy (non-hydrogen) atoms. The van der Waals surface area contributed by atoms with Gasteiger partial charge in [-0.15, -0.1) is 0 Å². The third-order valence-corrected chi connectivity index (χ3v) is 3.69. The van der Waals surface area contributed by atoms with Crippen LogP contribution in [0.2, 0.25) is 0 Å². The number of nitrogens with zero attached hydrogens (tertiary/aromatic N) is 1. The molecule has 0 spiro atoms. The van der Waals surface area contributed by atoms with Crippen molar-refractivity contribution in [1.82, 2.24) is 0 Å². The summed E-state index contributed by atoms with van der Waals surface area (Å²) in [6.45, 7) is 2.46. The van der Waals surface area contributed by atoms with Crippen LogP contribution >= 0.6 is 0 Å². The third-order valence-electron chi connectivity index (χ3n) is 3.69. The van der Waals surface area contributed by atoms with Gasteiger partial charge in [-0.2, -0.15) is 0 Å². The van der Waals surface area contributed by atoms with Crippen LogP contribution in [0.3, 0.4) is 0 Å². The molecule has 0 aliphatic heterocycles. The summed E-state index contributed by atoms with van der Waals surface area (Å²) in [7, 11) is 1.52. The molecule has 0 aliphatic rings. The van der Waals surface area contributed by atoms with Gasteiger partial charge in [0.1, 0.15) is 19.5 Å². The van der Waals surface area contributed by atoms with E-state index in [0.717, 1.165) is 22.4 Å². The first-order valence-corrected chi connectivity index (χ1v) is 7.71. The SMILES string of the molecule is CON=C(c1ccco1)c1ccccc1COc1ccccc1C. The van der Waals surface area contributed by atoms with Gasteiger partial charge in [-0.25, -0.2) is 0 Å². The van der Waals surface area contributed by atoms with Crippen LogP contribution in [0.5, 0.6) is 5.75 Å². The Labute approximate surface area is 141 Å². The molecule has 0 fully saturated rings. The summed E-state index contributed by atoms with van der Waals surface area (Å²) in [5.74, 6) is 1.52. The van der Waals surface area contributed by atoms with Gasteiger partial charge in [0, 0.05) is 5.56 Å². The van der Waals surface area contributed by atoms with E-state index in [1.165, 1.54) is 7.11 Å². The molecule has 3 rings (SSSR count). The first-order valence-electron chi connectivity index (χ1n) is 7.71. The zero-order valence-corrected chi connectivity index (χ0v) is 13.7. The van der Waals surface area contributed by atoms with E-state index in [4.69, 9.17) is 14.0 Å². The van der Waals surface area contributed by atoms with Crippen molar-refractivity contribution >= 4 is 5.71 Å². The average Bonchev–Trinajstić information content (AvgIpc) is 3.14. The van der Waals surface area contributed by atoms with E-state index >= 15 is 0 Å². The molecule has 0 saturated carbocycles. The maximum Gasteiger partial charge on any atom is 0.156 e. The Morgan fingerprint density at radius 2 is 1.79 bits per heavy atom. The summed E-state index contributed by atoms with van der Waals surface area (Å²) in [4.78, 5) is 5.01. The Hall–Kier alpha value is -3.01. The molecule has 1 aromatic heterocycles. The molecule has 0 atom stereocenters. The van der Waals surface area contributed by atoms with Crippen LogP contribution in [0.25, 0.3) is 0 Å². The maximum atomic E-state index is 5.98. The predicted molar refractivity (Wildman–Crippen MR) is 93.3 cm³/mol. The highest BCUT2D eigenvalue weighted by Gasteiger charge is 2.15. The molecule has 0 bridgehead atoms. The average molecular weight is 321 g/mol. The molecule has 122 valence electrons. The molecule has 0 unspecified atom stereocenters. The standard InChI is InChI=1S/C20H19NO3/c1-15-8-3-6-11-18(15)24-14-16-9-4-5-10-17(16)20(21-22-2)19-12-7-13-23-19/h3-13H,14H2,1-2H3. The van der Waals surface area contributed by atoms with Gasteiger partial charge in [-0.1, -0.05) is 47.6 Å². The van der Waals surface area contributed by atoms with Crippen molar-refractivity contribution in [1.29, 1.82) is 0 Å². The van der Waals surface area contributed by atoms with E-state index in [1.807, 2.05) is 67.6 Å². The summed E-state index contributed by atoms with van der Waals surface area (Å²) in [6, 6.07) is 19.6. The van der Waals surface area contributed by atoms with Crippen LogP contribution in [-0.4, -0.2) is 12.8 Å². The normalized spacial score (nSPS) is 11.3. The lowest BCUT2D eigenvalue weighted by Crippen LogP contribution is -2.09. The number of rotatable bonds is 6. The molecule has 0 saturated heterocycles. The zero-order chi connectivity index (χ0) is 16.8. The quantitative estimate of drug-likeness (QED) is 0.493. The Morgan fingerprint density at radius 3 is 2.54 bits per heavy atom. The minimum absolute atomic E-state index is 0.435. The van der Waals surface area contributed by atoms with Gasteiger partial charge in [-0.05, 0) is 36.2 Å². The van der Waals surface area contributed by atoms with Crippen molar-refractivity contribution in [3.63, 3.8) is 0 Å². The molecule has 4 heteroatoms. The molecule has 0 radical (unpaired) electrons. The maximum absolute atomic E-state index is 5.98. The first-order chi connectivity index (χ1) is 11.8. The number of para-hydroxylation sites is 1. The number of oxime groups is 1. The smallest absolute Gasteiger partial charge is 0.156 e. The Balaban J connectivity index is 1.90. The van der Waals surface area contributed by atoms with Gasteiger partial charge in [-0.3, -0.25) is 0 Å². The van der Waals surface area contributed by atoms with Crippen LogP contribution in [0.4, 0.5) is 0 Å². The van der Waals surface area contributed by atoms with Crippen molar-refractivity contribution in [2.24, 2.45) is 5.16 Å². The Kier molecular flexibility index (Phi) is 4.96. The molecular formula is C20H19NO3. The highest BCUT2D eigenvalue weighted by molar-refractivity contribution is 6.11. The van der Waals surface area contributed by atoms with Crippen LogP contribution in [0.15, 0.2) is 76.5 Å². The first kappa shape index (κ1) is 15.9. The van der Waals surface area contributed by atoms with E-state index in [9.17, 15) is 0 Å². The second kappa shape index (κ2) is 7.51. The second-order valence-electron chi connectivity index (χ2n) is 5.31. The van der Waals surface area contributed by atoms with Crippen molar-refractivity contribution in [3.05, 3.63) is 89.4 Å². The van der Waals surface area contributed by atoms with Gasteiger partial charge in [0.2, 0.25) is 0 Å². The number of furan rings is 1. The Bertz CT molecular complexity index is 822. The van der Waals surface area contributed by atoms with Gasteiger partial charge >= 0.3 is 0 Å². The van der Waals surface area contributed by atoms with Gasteiger partial charge in [0.15, 0.2) is 11.5 Å². The molecule has 4 nitrogen and oxygen atoms in total. The van der Waals surface area contributed by atoms with Crippen molar-refractivity contribution in [3.8, 4) is 5.75 Å². The van der Waals surface area contributed by atoms with Crippen LogP contribution in [0, 0.1) is 6.92 Å². The molecule has 2 aromatic carbocycles. The second-order valence-corrected chi connectivity index (χ2v) is 5.31. The fourth-order valence-electron chi connectivity index (χ4n) is 2.48. The predicted octanol–water partition coefficient (Wildman–Crippen LogP) is 4.57. The summed E-state index contributed by atoms with van der Waals surface area (Å²) in [5, 5.41) is 4.14. The highest BCUT2D eigenvalue weighted by Crippen LogP contribution is 2.21. The van der Waals surface area contributed by atoms with E-state index in [0.29, 0.717) is 18.1 Å². The van der Waals surface area contributed by atoms with E-state index < -0.39 is 0 Å². The van der Waals surface area contributed by atoms with Crippen LogP contribution in [0.1, 0.15) is 22.5 Å². The minimum Gasteiger partial charge on any atom is -0.489 e. The number of hydrogen-bond acceptors (Lipinski definition) is 4. The Morgan fingerprint density at radius 1 is 1.00 bits per heavy atom. The summed E-state index contributed by atoms with van der Waals surface area (Å²) in [5.41, 5.74) is 3.68. The van der Waals surface area contributed by atoms with Crippen molar-refractivity contribution in [2.45, 2.75) is 13.5 Å². The van der Waals surface area contributed by atoms with Crippen LogP contribution in [-0.2, 0) is 11.4 Å². The number of hydrogen-bond donors (Lipinski definition) is 0. The molecule has 0 amide bonds. The zero-order valence-electron chi connectivity index (χ0n) is 13.7. The molecule has 3 aromatic rings. The summed E-state index contributed by atoms with van der Waals surface area (Å²) < 4.78 is 11.5. The van der Waals surface area contributed by atoms with Gasteiger partial charge in [0.05, 0.1) is 6.26 Å². The highest BCUT2D eigenvalue weighted by atomic mass is 16.6. The minimum atomic E-state index is 0.435. The van der Waals surface area contributed by atoms with E-state index in [1.54, 1.807) is 6.26 Å². The van der Waals surface area contributed by atoms with Gasteiger partial charge in [0.25, 0.3) is 0 Å². The van der Waals surface area contributed by atoms with Crippen molar-refractivity contribution in [2.75, 3.05) is 7.11 Å². The van der Waals surface area contributed by atoms with Crippen molar-refractivity contribution < 1.29 is 14.0 Å². The lowest BCUT2D eigenvalue weighted by molar-refractivity contribution is 0.213. The monoisotopic (exact) mass is 321 g/mol. The van der Waals surface area contributed by atoms with E-state index in [2.05, 4.69) is 5.16 Å². The lowest BCUT2D eigenvalue weighted by atomic mass is 10.0. The van der Waals surface area contributed by atoms with Gasteiger partial charge < -0.3 is 14.0 Å². The topological polar surface area (TPSA) is 44.0 Å². The molecule has 0 aliphatic carbocycles. The van der Waals surface area contributed by atoms with Crippen LogP contribution < -0.4 is 4.74 Å². The summed E-state index contributed by atoms with van der Waals surface area (Å²) >= 11 is 0.